The van der Waals surface area contributed by atoms with Crippen molar-refractivity contribution >= 4 is 5.71 Å². The van der Waals surface area contributed by atoms with Gasteiger partial charge in [-0.25, -0.2) is 0 Å². The molecule has 0 unspecified atom stereocenters. The van der Waals surface area contributed by atoms with E-state index in [1.165, 1.54) is 24.0 Å². The first-order valence-electron chi connectivity index (χ1n) is 5.02. The summed E-state index contributed by atoms with van der Waals surface area (Å²) in [4.78, 5) is 0. The molecule has 0 atom stereocenters. The molecule has 2 rings (SSSR count). The minimum Gasteiger partial charge on any atom is -0.411 e. The van der Waals surface area contributed by atoms with Crippen LogP contribution in [0.15, 0.2) is 23.4 Å². The van der Waals surface area contributed by atoms with Crippen molar-refractivity contribution in [3.8, 4) is 0 Å². The third kappa shape index (κ3) is 1.52. The van der Waals surface area contributed by atoms with Crippen LogP contribution in [0, 0.1) is 6.92 Å². The first kappa shape index (κ1) is 9.25. The summed E-state index contributed by atoms with van der Waals surface area (Å²) in [7, 11) is 0. The fourth-order valence-electron chi connectivity index (χ4n) is 1.94. The topological polar surface area (TPSA) is 32.6 Å². The fourth-order valence-corrected chi connectivity index (χ4v) is 1.94. The van der Waals surface area contributed by atoms with Crippen molar-refractivity contribution in [3.63, 3.8) is 0 Å². The van der Waals surface area contributed by atoms with E-state index in [0.717, 1.165) is 11.5 Å². The molecule has 0 aliphatic heterocycles. The van der Waals surface area contributed by atoms with Gasteiger partial charge in [-0.3, -0.25) is 0 Å². The lowest BCUT2D eigenvalue weighted by Gasteiger charge is -2.09. The molecule has 0 bridgehead atoms. The number of benzene rings is 1. The highest BCUT2D eigenvalue weighted by molar-refractivity contribution is 5.99. The maximum absolute atomic E-state index is 8.75. The average Bonchev–Trinajstić information content (AvgIpc) is 3.01. The Bertz CT molecular complexity index is 378. The summed E-state index contributed by atoms with van der Waals surface area (Å²) in [6, 6.07) is 6.24. The van der Waals surface area contributed by atoms with E-state index in [9.17, 15) is 0 Å². The van der Waals surface area contributed by atoms with Crippen LogP contribution in [0.1, 0.15) is 42.4 Å². The van der Waals surface area contributed by atoms with Gasteiger partial charge in [0.25, 0.3) is 0 Å². The third-order valence-corrected chi connectivity index (χ3v) is 2.93. The van der Waals surface area contributed by atoms with Gasteiger partial charge in [0.15, 0.2) is 0 Å². The Morgan fingerprint density at radius 2 is 2.14 bits per heavy atom. The first-order valence-corrected chi connectivity index (χ1v) is 5.02. The molecule has 1 N–H and O–H groups in total. The summed E-state index contributed by atoms with van der Waals surface area (Å²) in [6.07, 6.45) is 2.61. The molecule has 1 aromatic carbocycles. The maximum Gasteiger partial charge on any atom is 0.0839 e. The second-order valence-electron chi connectivity index (χ2n) is 3.98. The van der Waals surface area contributed by atoms with Crippen LogP contribution in [0.4, 0.5) is 0 Å². The van der Waals surface area contributed by atoms with Crippen LogP contribution >= 0.6 is 0 Å². The highest BCUT2D eigenvalue weighted by atomic mass is 16.4. The highest BCUT2D eigenvalue weighted by Crippen LogP contribution is 2.42. The lowest BCUT2D eigenvalue weighted by atomic mass is 9.97. The van der Waals surface area contributed by atoms with Gasteiger partial charge in [0.2, 0.25) is 0 Å². The smallest absolute Gasteiger partial charge is 0.0839 e. The zero-order valence-electron chi connectivity index (χ0n) is 8.62. The number of nitrogens with zero attached hydrogens (tertiary/aromatic N) is 1. The summed E-state index contributed by atoms with van der Waals surface area (Å²) in [6.45, 7) is 3.94. The quantitative estimate of drug-likeness (QED) is 0.433. The molecule has 1 fully saturated rings. The van der Waals surface area contributed by atoms with Crippen molar-refractivity contribution in [1.82, 2.24) is 0 Å². The highest BCUT2D eigenvalue weighted by Gasteiger charge is 2.25. The molecule has 0 radical (unpaired) electrons. The molecule has 1 aliphatic rings. The molecule has 0 aromatic heterocycles. The molecule has 2 nitrogen and oxygen atoms in total. The SMILES string of the molecule is CC(=NO)c1cccc(C2CC2)c1C. The van der Waals surface area contributed by atoms with Gasteiger partial charge in [-0.05, 0) is 43.7 Å². The lowest BCUT2D eigenvalue weighted by Crippen LogP contribution is -2.00. The minimum atomic E-state index is 0.699. The number of oxime groups is 1. The molecule has 0 amide bonds. The van der Waals surface area contributed by atoms with Crippen LogP contribution in [-0.2, 0) is 0 Å². The van der Waals surface area contributed by atoms with Crippen LogP contribution in [-0.4, -0.2) is 10.9 Å². The van der Waals surface area contributed by atoms with E-state index in [2.05, 4.69) is 18.1 Å². The van der Waals surface area contributed by atoms with Crippen molar-refractivity contribution in [2.75, 3.05) is 0 Å². The first-order chi connectivity index (χ1) is 6.74. The molecular formula is C12H15NO. The second kappa shape index (κ2) is 3.45. The molecule has 0 spiro atoms. The molecule has 1 aliphatic carbocycles. The van der Waals surface area contributed by atoms with Crippen LogP contribution in [0.3, 0.4) is 0 Å². The molecule has 74 valence electrons. The van der Waals surface area contributed by atoms with Crippen LogP contribution in [0.5, 0.6) is 0 Å². The van der Waals surface area contributed by atoms with E-state index in [1.54, 1.807) is 0 Å². The predicted octanol–water partition coefficient (Wildman–Crippen LogP) is 3.07. The monoisotopic (exact) mass is 189 g/mol. The Kier molecular flexibility index (Phi) is 2.28. The predicted molar refractivity (Wildman–Crippen MR) is 57.2 cm³/mol. The van der Waals surface area contributed by atoms with E-state index in [4.69, 9.17) is 5.21 Å². The summed E-state index contributed by atoms with van der Waals surface area (Å²) in [5.41, 5.74) is 4.46. The average molecular weight is 189 g/mol. The van der Waals surface area contributed by atoms with Crippen LogP contribution < -0.4 is 0 Å². The van der Waals surface area contributed by atoms with Crippen LogP contribution in [0.2, 0.25) is 0 Å². The molecule has 1 aromatic rings. The van der Waals surface area contributed by atoms with Crippen molar-refractivity contribution in [2.45, 2.75) is 32.6 Å². The Hall–Kier alpha value is -1.31. The Morgan fingerprint density at radius 3 is 2.71 bits per heavy atom. The van der Waals surface area contributed by atoms with Gasteiger partial charge >= 0.3 is 0 Å². The van der Waals surface area contributed by atoms with E-state index < -0.39 is 0 Å². The fraction of sp³-hybridized carbons (Fsp3) is 0.417. The van der Waals surface area contributed by atoms with Gasteiger partial charge in [-0.15, -0.1) is 0 Å². The molecule has 2 heteroatoms. The van der Waals surface area contributed by atoms with E-state index >= 15 is 0 Å². The van der Waals surface area contributed by atoms with E-state index in [0.29, 0.717) is 5.71 Å². The third-order valence-electron chi connectivity index (χ3n) is 2.93. The van der Waals surface area contributed by atoms with E-state index in [-0.39, 0.29) is 0 Å². The van der Waals surface area contributed by atoms with Crippen molar-refractivity contribution in [3.05, 3.63) is 34.9 Å². The summed E-state index contributed by atoms with van der Waals surface area (Å²) in [5.74, 6) is 0.751. The molecule has 0 heterocycles. The number of hydrogen-bond donors (Lipinski definition) is 1. The standard InChI is InChI=1S/C12H15NO/c1-8-11(9(2)13-14)4-3-5-12(8)10-6-7-10/h3-5,10,14H,6-7H2,1-2H3. The molecule has 0 saturated heterocycles. The van der Waals surface area contributed by atoms with Crippen molar-refractivity contribution in [1.29, 1.82) is 0 Å². The zero-order chi connectivity index (χ0) is 10.1. The maximum atomic E-state index is 8.75. The zero-order valence-corrected chi connectivity index (χ0v) is 8.62. The second-order valence-corrected chi connectivity index (χ2v) is 3.98. The van der Waals surface area contributed by atoms with Gasteiger partial charge in [0.1, 0.15) is 0 Å². The summed E-state index contributed by atoms with van der Waals surface area (Å²) < 4.78 is 0. The van der Waals surface area contributed by atoms with Gasteiger partial charge < -0.3 is 5.21 Å². The Labute approximate surface area is 84.3 Å². The summed E-state index contributed by atoms with van der Waals surface area (Å²) >= 11 is 0. The van der Waals surface area contributed by atoms with E-state index in [1.807, 2.05) is 19.1 Å². The molecule has 1 saturated carbocycles. The Balaban J connectivity index is 2.46. The summed E-state index contributed by atoms with van der Waals surface area (Å²) in [5, 5.41) is 12.0. The minimum absolute atomic E-state index is 0.699. The van der Waals surface area contributed by atoms with Gasteiger partial charge in [-0.1, -0.05) is 23.4 Å². The Morgan fingerprint density at radius 1 is 1.43 bits per heavy atom. The number of hydrogen-bond acceptors (Lipinski definition) is 2. The van der Waals surface area contributed by atoms with Gasteiger partial charge in [0, 0.05) is 5.56 Å². The van der Waals surface area contributed by atoms with Crippen LogP contribution in [0.25, 0.3) is 0 Å². The number of rotatable bonds is 2. The molecular weight excluding hydrogens is 174 g/mol. The molecule has 14 heavy (non-hydrogen) atoms. The van der Waals surface area contributed by atoms with Crippen molar-refractivity contribution < 1.29 is 5.21 Å². The largest absolute Gasteiger partial charge is 0.411 e. The van der Waals surface area contributed by atoms with Crippen molar-refractivity contribution in [2.24, 2.45) is 5.16 Å². The normalized spacial score (nSPS) is 17.1. The van der Waals surface area contributed by atoms with Gasteiger partial charge in [0.05, 0.1) is 5.71 Å². The van der Waals surface area contributed by atoms with Gasteiger partial charge in [-0.2, -0.15) is 0 Å². The lowest BCUT2D eigenvalue weighted by molar-refractivity contribution is 0.319.